The fourth-order valence-corrected chi connectivity index (χ4v) is 2.99. The van der Waals surface area contributed by atoms with Crippen LogP contribution in [0.3, 0.4) is 0 Å². The summed E-state index contributed by atoms with van der Waals surface area (Å²) < 4.78 is 0.932. The Morgan fingerprint density at radius 2 is 1.76 bits per heavy atom. The molecule has 0 radical (unpaired) electrons. The van der Waals surface area contributed by atoms with Gasteiger partial charge in [-0.3, -0.25) is 0 Å². The van der Waals surface area contributed by atoms with Crippen molar-refractivity contribution in [1.82, 2.24) is 5.32 Å². The van der Waals surface area contributed by atoms with Crippen LogP contribution in [0.25, 0.3) is 0 Å². The first-order chi connectivity index (χ1) is 10.2. The summed E-state index contributed by atoms with van der Waals surface area (Å²) in [5.74, 6) is 0. The summed E-state index contributed by atoms with van der Waals surface area (Å²) in [5.41, 5.74) is 3.88. The van der Waals surface area contributed by atoms with Gasteiger partial charge >= 0.3 is 0 Å². The Labute approximate surface area is 140 Å². The average molecular weight is 367 g/mol. The Hall–Kier alpha value is -0.830. The summed E-state index contributed by atoms with van der Waals surface area (Å²) in [7, 11) is 1.98. The fourth-order valence-electron chi connectivity index (χ4n) is 2.48. The quantitative estimate of drug-likeness (QED) is 0.686. The van der Waals surface area contributed by atoms with Crippen molar-refractivity contribution in [3.63, 3.8) is 0 Å². The predicted molar refractivity (Wildman–Crippen MR) is 95.1 cm³/mol. The largest absolute Gasteiger partial charge is 0.309 e. The first-order valence-electron chi connectivity index (χ1n) is 7.36. The number of halogens is 2. The minimum atomic E-state index is 0.179. The maximum absolute atomic E-state index is 6.08. The Balaban J connectivity index is 2.22. The lowest BCUT2D eigenvalue weighted by atomic mass is 9.97. The Bertz CT molecular complexity index is 580. The highest BCUT2D eigenvalue weighted by atomic mass is 79.9. The van der Waals surface area contributed by atoms with Crippen molar-refractivity contribution >= 4 is 27.5 Å². The lowest BCUT2D eigenvalue weighted by Crippen LogP contribution is -2.17. The van der Waals surface area contributed by atoms with E-state index < -0.39 is 0 Å². The summed E-state index contributed by atoms with van der Waals surface area (Å²) in [5, 5.41) is 4.12. The minimum Gasteiger partial charge on any atom is -0.309 e. The summed E-state index contributed by atoms with van der Waals surface area (Å²) in [6.45, 7) is 2.23. The molecule has 112 valence electrons. The maximum atomic E-state index is 6.08. The molecular weight excluding hydrogens is 346 g/mol. The number of rotatable bonds is 6. The smallest absolute Gasteiger partial charge is 0.0574 e. The van der Waals surface area contributed by atoms with Crippen LogP contribution >= 0.6 is 27.5 Å². The van der Waals surface area contributed by atoms with Crippen LogP contribution in [0.15, 0.2) is 46.9 Å². The van der Waals surface area contributed by atoms with Crippen LogP contribution in [-0.4, -0.2) is 7.05 Å². The molecule has 0 aliphatic rings. The molecule has 1 unspecified atom stereocenters. The number of aryl methyl sites for hydroxylation is 1. The van der Waals surface area contributed by atoms with E-state index >= 15 is 0 Å². The molecule has 2 aromatic carbocycles. The molecule has 1 N–H and O–H groups in total. The van der Waals surface area contributed by atoms with Crippen molar-refractivity contribution in [2.45, 2.75) is 32.2 Å². The first-order valence-corrected chi connectivity index (χ1v) is 8.54. The maximum Gasteiger partial charge on any atom is 0.0574 e. The zero-order valence-electron chi connectivity index (χ0n) is 12.5. The second kappa shape index (κ2) is 7.98. The van der Waals surface area contributed by atoms with Crippen LogP contribution in [0.5, 0.6) is 0 Å². The van der Waals surface area contributed by atoms with Gasteiger partial charge in [0.25, 0.3) is 0 Å². The lowest BCUT2D eigenvalue weighted by Gasteiger charge is -2.18. The normalized spacial score (nSPS) is 12.4. The topological polar surface area (TPSA) is 12.0 Å². The second-order valence-electron chi connectivity index (χ2n) is 5.24. The Morgan fingerprint density at radius 3 is 2.33 bits per heavy atom. The molecule has 0 aliphatic heterocycles. The predicted octanol–water partition coefficient (Wildman–Crippen LogP) is 5.75. The molecule has 1 atom stereocenters. The van der Waals surface area contributed by atoms with Crippen LogP contribution in [0.2, 0.25) is 5.02 Å². The van der Waals surface area contributed by atoms with Gasteiger partial charge < -0.3 is 5.32 Å². The van der Waals surface area contributed by atoms with Gasteiger partial charge in [0.05, 0.1) is 11.1 Å². The highest BCUT2D eigenvalue weighted by molar-refractivity contribution is 9.10. The minimum absolute atomic E-state index is 0.179. The zero-order chi connectivity index (χ0) is 15.2. The highest BCUT2D eigenvalue weighted by Crippen LogP contribution is 2.29. The molecule has 0 amide bonds. The van der Waals surface area contributed by atoms with Crippen LogP contribution in [0.1, 0.15) is 42.5 Å². The van der Waals surface area contributed by atoms with E-state index in [1.165, 1.54) is 29.5 Å². The number of nitrogens with one attached hydrogen (secondary N) is 1. The molecule has 0 aliphatic carbocycles. The molecular formula is C18H21BrClN. The average Bonchev–Trinajstić information content (AvgIpc) is 2.50. The van der Waals surface area contributed by atoms with Crippen LogP contribution in [0, 0.1) is 0 Å². The van der Waals surface area contributed by atoms with E-state index in [2.05, 4.69) is 64.6 Å². The number of hydrogen-bond donors (Lipinski definition) is 1. The number of benzene rings is 2. The first kappa shape index (κ1) is 16.5. The third-order valence-corrected chi connectivity index (χ3v) is 4.91. The van der Waals surface area contributed by atoms with E-state index in [9.17, 15) is 0 Å². The molecule has 21 heavy (non-hydrogen) atoms. The summed E-state index contributed by atoms with van der Waals surface area (Å²) in [4.78, 5) is 0. The molecule has 0 saturated carbocycles. The SMILES string of the molecule is CCCCc1ccc(C(NC)c2ccc(Cl)c(Br)c2)cc1. The Morgan fingerprint density at radius 1 is 1.10 bits per heavy atom. The van der Waals surface area contributed by atoms with Gasteiger partial charge in [-0.05, 0) is 64.6 Å². The third-order valence-electron chi connectivity index (χ3n) is 3.70. The van der Waals surface area contributed by atoms with E-state index in [1.54, 1.807) is 0 Å². The van der Waals surface area contributed by atoms with Gasteiger partial charge in [-0.2, -0.15) is 0 Å². The molecule has 0 saturated heterocycles. The van der Waals surface area contributed by atoms with Crippen molar-refractivity contribution in [3.05, 3.63) is 68.7 Å². The number of unbranched alkanes of at least 4 members (excludes halogenated alkanes) is 1. The molecule has 0 bridgehead atoms. The van der Waals surface area contributed by atoms with Crippen molar-refractivity contribution in [2.75, 3.05) is 7.05 Å². The van der Waals surface area contributed by atoms with Crippen molar-refractivity contribution in [1.29, 1.82) is 0 Å². The molecule has 0 heterocycles. The fraction of sp³-hybridized carbons (Fsp3) is 0.333. The molecule has 2 aromatic rings. The molecule has 0 spiro atoms. The molecule has 0 fully saturated rings. The standard InChI is InChI=1S/C18H21BrClN/c1-3-4-5-13-6-8-14(9-7-13)18(21-2)15-10-11-17(20)16(19)12-15/h6-12,18,21H,3-5H2,1-2H3. The van der Waals surface area contributed by atoms with E-state index in [1.807, 2.05) is 13.1 Å². The van der Waals surface area contributed by atoms with Gasteiger partial charge in [-0.1, -0.05) is 55.3 Å². The molecule has 2 rings (SSSR count). The van der Waals surface area contributed by atoms with Gasteiger partial charge in [0, 0.05) is 4.47 Å². The Kier molecular flexibility index (Phi) is 6.28. The molecule has 0 aromatic heterocycles. The van der Waals surface area contributed by atoms with E-state index in [-0.39, 0.29) is 6.04 Å². The van der Waals surface area contributed by atoms with Crippen LogP contribution in [-0.2, 0) is 6.42 Å². The van der Waals surface area contributed by atoms with E-state index in [0.29, 0.717) is 0 Å². The van der Waals surface area contributed by atoms with E-state index in [4.69, 9.17) is 11.6 Å². The van der Waals surface area contributed by atoms with Gasteiger partial charge in [-0.15, -0.1) is 0 Å². The zero-order valence-corrected chi connectivity index (χ0v) is 14.8. The lowest BCUT2D eigenvalue weighted by molar-refractivity contribution is 0.690. The highest BCUT2D eigenvalue weighted by Gasteiger charge is 2.13. The summed E-state index contributed by atoms with van der Waals surface area (Å²) in [6.07, 6.45) is 3.64. The molecule has 1 nitrogen and oxygen atoms in total. The third kappa shape index (κ3) is 4.32. The van der Waals surface area contributed by atoms with Crippen molar-refractivity contribution in [3.8, 4) is 0 Å². The monoisotopic (exact) mass is 365 g/mol. The second-order valence-corrected chi connectivity index (χ2v) is 6.50. The van der Waals surface area contributed by atoms with Gasteiger partial charge in [0.2, 0.25) is 0 Å². The van der Waals surface area contributed by atoms with Crippen LogP contribution < -0.4 is 5.32 Å². The van der Waals surface area contributed by atoms with Crippen molar-refractivity contribution < 1.29 is 0 Å². The number of hydrogen-bond acceptors (Lipinski definition) is 1. The summed E-state index contributed by atoms with van der Waals surface area (Å²) >= 11 is 9.57. The van der Waals surface area contributed by atoms with Gasteiger partial charge in [0.1, 0.15) is 0 Å². The van der Waals surface area contributed by atoms with E-state index in [0.717, 1.165) is 15.9 Å². The summed E-state index contributed by atoms with van der Waals surface area (Å²) in [6, 6.07) is 15.2. The van der Waals surface area contributed by atoms with Gasteiger partial charge in [0.15, 0.2) is 0 Å². The van der Waals surface area contributed by atoms with Gasteiger partial charge in [-0.25, -0.2) is 0 Å². The van der Waals surface area contributed by atoms with Crippen molar-refractivity contribution in [2.24, 2.45) is 0 Å². The van der Waals surface area contributed by atoms with Crippen LogP contribution in [0.4, 0.5) is 0 Å². The molecule has 3 heteroatoms.